The van der Waals surface area contributed by atoms with Crippen LogP contribution in [0.2, 0.25) is 0 Å². The minimum atomic E-state index is 0.428. The highest BCUT2D eigenvalue weighted by Gasteiger charge is 2.10. The van der Waals surface area contributed by atoms with Crippen molar-refractivity contribution >= 4 is 22.7 Å². The van der Waals surface area contributed by atoms with Gasteiger partial charge < -0.3 is 14.5 Å². The average molecular weight is 347 g/mol. The number of imidazole rings is 1. The smallest absolute Gasteiger partial charge is 0.161 e. The first-order valence-electron chi connectivity index (χ1n) is 8.48. The van der Waals surface area contributed by atoms with Crippen LogP contribution >= 0.6 is 0 Å². The van der Waals surface area contributed by atoms with E-state index in [0.717, 1.165) is 16.6 Å². The molecule has 0 saturated heterocycles. The molecule has 1 N–H and O–H groups in total. The Kier molecular flexibility index (Phi) is 5.23. The van der Waals surface area contributed by atoms with Gasteiger partial charge in [-0.2, -0.15) is 5.26 Å². The van der Waals surface area contributed by atoms with E-state index in [1.165, 1.54) is 0 Å². The van der Waals surface area contributed by atoms with Crippen LogP contribution in [0, 0.1) is 17.2 Å². The molecule has 5 nitrogen and oxygen atoms in total. The molecule has 132 valence electrons. The van der Waals surface area contributed by atoms with Crippen molar-refractivity contribution < 1.29 is 9.47 Å². The molecule has 0 bridgehead atoms. The molecular formula is C21H21N3O2. The number of methoxy groups -OCH3 is 1. The van der Waals surface area contributed by atoms with Gasteiger partial charge in [0.15, 0.2) is 11.5 Å². The highest BCUT2D eigenvalue weighted by molar-refractivity contribution is 5.90. The molecule has 3 aromatic rings. The van der Waals surface area contributed by atoms with Crippen molar-refractivity contribution in [1.29, 1.82) is 5.26 Å². The van der Waals surface area contributed by atoms with E-state index in [4.69, 9.17) is 9.47 Å². The lowest BCUT2D eigenvalue weighted by molar-refractivity contribution is 0.257. The molecule has 0 amide bonds. The summed E-state index contributed by atoms with van der Waals surface area (Å²) in [5.74, 6) is 2.31. The number of hydrogen-bond acceptors (Lipinski definition) is 4. The zero-order valence-corrected chi connectivity index (χ0v) is 15.1. The predicted octanol–water partition coefficient (Wildman–Crippen LogP) is 4.67. The first-order valence-corrected chi connectivity index (χ1v) is 8.48. The third kappa shape index (κ3) is 3.86. The van der Waals surface area contributed by atoms with Crippen LogP contribution in [-0.2, 0) is 0 Å². The number of para-hydroxylation sites is 2. The lowest BCUT2D eigenvalue weighted by Crippen LogP contribution is -2.05. The van der Waals surface area contributed by atoms with E-state index in [9.17, 15) is 5.26 Å². The number of nitriles is 1. The Morgan fingerprint density at radius 3 is 2.73 bits per heavy atom. The number of aromatic nitrogens is 2. The summed E-state index contributed by atoms with van der Waals surface area (Å²) in [6.45, 7) is 4.81. The Morgan fingerprint density at radius 1 is 1.23 bits per heavy atom. The predicted molar refractivity (Wildman–Crippen MR) is 103 cm³/mol. The number of hydrogen-bond donors (Lipinski definition) is 1. The molecule has 0 unspecified atom stereocenters. The Balaban J connectivity index is 1.92. The molecule has 3 rings (SSSR count). The number of allylic oxidation sites excluding steroid dienone is 1. The maximum absolute atomic E-state index is 9.56. The molecule has 0 spiro atoms. The second kappa shape index (κ2) is 7.75. The van der Waals surface area contributed by atoms with Crippen LogP contribution in [0.5, 0.6) is 11.5 Å². The minimum absolute atomic E-state index is 0.428. The van der Waals surface area contributed by atoms with Crippen molar-refractivity contribution in [2.75, 3.05) is 13.7 Å². The SMILES string of the molecule is COc1cc(/C=C(\C#N)c2nc3ccccc3[nH]2)ccc1OCC(C)C. The van der Waals surface area contributed by atoms with Crippen LogP contribution in [0.25, 0.3) is 22.7 Å². The van der Waals surface area contributed by atoms with Crippen LogP contribution in [0.3, 0.4) is 0 Å². The maximum Gasteiger partial charge on any atom is 0.161 e. The number of benzene rings is 2. The van der Waals surface area contributed by atoms with Gasteiger partial charge >= 0.3 is 0 Å². The van der Waals surface area contributed by atoms with Gasteiger partial charge in [-0.15, -0.1) is 0 Å². The second-order valence-electron chi connectivity index (χ2n) is 6.39. The summed E-state index contributed by atoms with van der Waals surface area (Å²) in [5, 5.41) is 9.56. The zero-order valence-electron chi connectivity index (χ0n) is 15.1. The highest BCUT2D eigenvalue weighted by atomic mass is 16.5. The molecule has 2 aromatic carbocycles. The summed E-state index contributed by atoms with van der Waals surface area (Å²) < 4.78 is 11.2. The molecular weight excluding hydrogens is 326 g/mol. The summed E-state index contributed by atoms with van der Waals surface area (Å²) in [6.07, 6.45) is 1.78. The fourth-order valence-corrected chi connectivity index (χ4v) is 2.55. The summed E-state index contributed by atoms with van der Waals surface area (Å²) >= 11 is 0. The third-order valence-corrected chi connectivity index (χ3v) is 3.84. The van der Waals surface area contributed by atoms with E-state index in [-0.39, 0.29) is 0 Å². The van der Waals surface area contributed by atoms with Gasteiger partial charge in [-0.25, -0.2) is 4.98 Å². The molecule has 1 heterocycles. The third-order valence-electron chi connectivity index (χ3n) is 3.84. The van der Waals surface area contributed by atoms with Crippen molar-refractivity contribution in [3.8, 4) is 17.6 Å². The molecule has 0 atom stereocenters. The molecule has 26 heavy (non-hydrogen) atoms. The van der Waals surface area contributed by atoms with E-state index < -0.39 is 0 Å². The van der Waals surface area contributed by atoms with Gasteiger partial charge in [0.05, 0.1) is 30.3 Å². The van der Waals surface area contributed by atoms with Crippen molar-refractivity contribution in [3.05, 3.63) is 53.9 Å². The van der Waals surface area contributed by atoms with E-state index in [1.807, 2.05) is 42.5 Å². The number of ether oxygens (including phenoxy) is 2. The van der Waals surface area contributed by atoms with Crippen molar-refractivity contribution in [1.82, 2.24) is 9.97 Å². The van der Waals surface area contributed by atoms with Gasteiger partial charge in [-0.3, -0.25) is 0 Å². The fraction of sp³-hybridized carbons (Fsp3) is 0.238. The van der Waals surface area contributed by atoms with Gasteiger partial charge in [0, 0.05) is 0 Å². The fourth-order valence-electron chi connectivity index (χ4n) is 2.55. The maximum atomic E-state index is 9.56. The van der Waals surface area contributed by atoms with E-state index >= 15 is 0 Å². The molecule has 0 saturated carbocycles. The molecule has 0 fully saturated rings. The zero-order chi connectivity index (χ0) is 18.5. The minimum Gasteiger partial charge on any atom is -0.493 e. The largest absolute Gasteiger partial charge is 0.493 e. The summed E-state index contributed by atoms with van der Waals surface area (Å²) in [6, 6.07) is 15.5. The van der Waals surface area contributed by atoms with Crippen LogP contribution in [-0.4, -0.2) is 23.7 Å². The topological polar surface area (TPSA) is 70.9 Å². The molecule has 1 aromatic heterocycles. The summed E-state index contributed by atoms with van der Waals surface area (Å²) in [4.78, 5) is 7.67. The quantitative estimate of drug-likeness (QED) is 0.658. The van der Waals surface area contributed by atoms with E-state index in [1.54, 1.807) is 13.2 Å². The van der Waals surface area contributed by atoms with Gasteiger partial charge in [0.1, 0.15) is 11.9 Å². The molecule has 5 heteroatoms. The van der Waals surface area contributed by atoms with Gasteiger partial charge in [-0.1, -0.05) is 32.0 Å². The number of aromatic amines is 1. The lowest BCUT2D eigenvalue weighted by Gasteiger charge is -2.12. The van der Waals surface area contributed by atoms with E-state index in [2.05, 4.69) is 29.9 Å². The Morgan fingerprint density at radius 2 is 2.04 bits per heavy atom. The normalized spacial score (nSPS) is 11.6. The standard InChI is InChI=1S/C21H21N3O2/c1-14(2)13-26-19-9-8-15(11-20(19)25-3)10-16(12-22)21-23-17-6-4-5-7-18(17)24-21/h4-11,14H,13H2,1-3H3,(H,23,24)/b16-10+. The van der Waals surface area contributed by atoms with Crippen molar-refractivity contribution in [2.45, 2.75) is 13.8 Å². The Hall–Kier alpha value is -3.26. The Labute approximate surface area is 152 Å². The first kappa shape index (κ1) is 17.6. The first-order chi connectivity index (χ1) is 12.6. The van der Waals surface area contributed by atoms with Crippen molar-refractivity contribution in [2.24, 2.45) is 5.92 Å². The molecule has 0 aliphatic carbocycles. The van der Waals surface area contributed by atoms with Crippen LogP contribution in [0.1, 0.15) is 25.2 Å². The lowest BCUT2D eigenvalue weighted by atomic mass is 10.1. The van der Waals surface area contributed by atoms with Crippen LogP contribution in [0.4, 0.5) is 0 Å². The monoisotopic (exact) mass is 347 g/mol. The van der Waals surface area contributed by atoms with E-state index in [0.29, 0.717) is 35.4 Å². The van der Waals surface area contributed by atoms with Crippen LogP contribution < -0.4 is 9.47 Å². The summed E-state index contributed by atoms with van der Waals surface area (Å²) in [7, 11) is 1.61. The molecule has 0 aliphatic heterocycles. The van der Waals surface area contributed by atoms with Gasteiger partial charge in [0.2, 0.25) is 0 Å². The average Bonchev–Trinajstić information content (AvgIpc) is 3.08. The Bertz CT molecular complexity index is 947. The summed E-state index contributed by atoms with van der Waals surface area (Å²) in [5.41, 5.74) is 3.03. The molecule has 0 aliphatic rings. The number of rotatable bonds is 6. The van der Waals surface area contributed by atoms with Gasteiger partial charge in [0.25, 0.3) is 0 Å². The van der Waals surface area contributed by atoms with Crippen molar-refractivity contribution in [3.63, 3.8) is 0 Å². The number of nitrogens with one attached hydrogen (secondary N) is 1. The second-order valence-corrected chi connectivity index (χ2v) is 6.39. The highest BCUT2D eigenvalue weighted by Crippen LogP contribution is 2.30. The van der Waals surface area contributed by atoms with Gasteiger partial charge in [-0.05, 0) is 41.8 Å². The molecule has 0 radical (unpaired) electrons. The number of H-pyrrole nitrogens is 1. The number of nitrogens with zero attached hydrogens (tertiary/aromatic N) is 2. The van der Waals surface area contributed by atoms with Crippen LogP contribution in [0.15, 0.2) is 42.5 Å². The number of fused-ring (bicyclic) bond motifs is 1.